The maximum absolute atomic E-state index is 11.8. The van der Waals surface area contributed by atoms with Gasteiger partial charge in [-0.25, -0.2) is 4.98 Å². The zero-order valence-electron chi connectivity index (χ0n) is 11.8. The number of nitrogen functional groups attached to an aromatic ring is 1. The molecule has 2 heterocycles. The first kappa shape index (κ1) is 14.0. The molecule has 0 saturated carbocycles. The van der Waals surface area contributed by atoms with Crippen LogP contribution in [0.5, 0.6) is 0 Å². The van der Waals surface area contributed by atoms with Crippen LogP contribution in [0.15, 0.2) is 24.4 Å². The Morgan fingerprint density at radius 3 is 2.80 bits per heavy atom. The predicted octanol–water partition coefficient (Wildman–Crippen LogP) is 1.30. The van der Waals surface area contributed by atoms with E-state index in [1.165, 1.54) is 6.20 Å². The fourth-order valence-electron chi connectivity index (χ4n) is 1.96. The minimum Gasteiger partial charge on any atom is -0.397 e. The molecular weight excluding hydrogens is 254 g/mol. The molecule has 0 spiro atoms. The summed E-state index contributed by atoms with van der Waals surface area (Å²) in [6.45, 7) is 5.37. The first-order chi connectivity index (χ1) is 9.56. The molecule has 2 aromatic rings. The lowest BCUT2D eigenvalue weighted by atomic mass is 10.3. The molecule has 0 fully saturated rings. The summed E-state index contributed by atoms with van der Waals surface area (Å²) in [6.07, 6.45) is 2.30. The van der Waals surface area contributed by atoms with Crippen molar-refractivity contribution < 1.29 is 4.79 Å². The van der Waals surface area contributed by atoms with Crippen LogP contribution >= 0.6 is 0 Å². The van der Waals surface area contributed by atoms with Gasteiger partial charge in [-0.1, -0.05) is 0 Å². The third-order valence-corrected chi connectivity index (χ3v) is 2.95. The Morgan fingerprint density at radius 2 is 2.20 bits per heavy atom. The zero-order chi connectivity index (χ0) is 14.5. The molecule has 2 rings (SSSR count). The van der Waals surface area contributed by atoms with Crippen LogP contribution in [0.25, 0.3) is 0 Å². The number of rotatable bonds is 5. The molecule has 106 valence electrons. The summed E-state index contributed by atoms with van der Waals surface area (Å²) in [5.74, 6) is -0.182. The Morgan fingerprint density at radius 1 is 1.40 bits per heavy atom. The molecule has 0 bridgehead atoms. The second-order valence-electron chi connectivity index (χ2n) is 4.74. The Balaban J connectivity index is 1.77. The number of hydrogen-bond acceptors (Lipinski definition) is 4. The molecule has 6 nitrogen and oxygen atoms in total. The number of amides is 1. The van der Waals surface area contributed by atoms with Gasteiger partial charge in [-0.2, -0.15) is 5.10 Å². The van der Waals surface area contributed by atoms with Gasteiger partial charge < -0.3 is 11.1 Å². The third kappa shape index (κ3) is 3.57. The van der Waals surface area contributed by atoms with Gasteiger partial charge in [0.05, 0.1) is 17.6 Å². The highest BCUT2D eigenvalue weighted by molar-refractivity contribution is 5.92. The molecule has 1 amide bonds. The van der Waals surface area contributed by atoms with Crippen LogP contribution < -0.4 is 11.1 Å². The van der Waals surface area contributed by atoms with Crippen molar-refractivity contribution in [2.45, 2.75) is 26.8 Å². The van der Waals surface area contributed by atoms with Crippen molar-refractivity contribution in [3.8, 4) is 0 Å². The highest BCUT2D eigenvalue weighted by Crippen LogP contribution is 2.03. The number of carbonyl (C=O) groups excluding carboxylic acids is 1. The van der Waals surface area contributed by atoms with Gasteiger partial charge in [-0.15, -0.1) is 0 Å². The third-order valence-electron chi connectivity index (χ3n) is 2.95. The second-order valence-corrected chi connectivity index (χ2v) is 4.74. The maximum Gasteiger partial charge on any atom is 0.269 e. The Hall–Kier alpha value is -2.37. The number of anilines is 1. The quantitative estimate of drug-likeness (QED) is 0.804. The number of hydrogen-bond donors (Lipinski definition) is 2. The van der Waals surface area contributed by atoms with Gasteiger partial charge in [0.15, 0.2) is 0 Å². The van der Waals surface area contributed by atoms with Crippen LogP contribution in [0, 0.1) is 13.8 Å². The van der Waals surface area contributed by atoms with Gasteiger partial charge >= 0.3 is 0 Å². The Labute approximate surface area is 118 Å². The fraction of sp³-hybridized carbons (Fsp3) is 0.357. The molecule has 0 aliphatic heterocycles. The van der Waals surface area contributed by atoms with Gasteiger partial charge in [0.1, 0.15) is 5.69 Å². The smallest absolute Gasteiger partial charge is 0.269 e. The second kappa shape index (κ2) is 6.18. The normalized spacial score (nSPS) is 10.5. The molecule has 20 heavy (non-hydrogen) atoms. The number of aromatic nitrogens is 3. The van der Waals surface area contributed by atoms with Gasteiger partial charge in [0, 0.05) is 18.8 Å². The van der Waals surface area contributed by atoms with Gasteiger partial charge in [0.2, 0.25) is 0 Å². The van der Waals surface area contributed by atoms with E-state index in [0.717, 1.165) is 24.4 Å². The number of nitrogens with zero attached hydrogens (tertiary/aromatic N) is 3. The van der Waals surface area contributed by atoms with E-state index in [-0.39, 0.29) is 5.91 Å². The van der Waals surface area contributed by atoms with Crippen molar-refractivity contribution in [2.24, 2.45) is 0 Å². The van der Waals surface area contributed by atoms with Crippen LogP contribution in [0.3, 0.4) is 0 Å². The van der Waals surface area contributed by atoms with Crippen LogP contribution in [0.4, 0.5) is 5.69 Å². The van der Waals surface area contributed by atoms with Crippen LogP contribution in [0.2, 0.25) is 0 Å². The predicted molar refractivity (Wildman–Crippen MR) is 77.3 cm³/mol. The zero-order valence-corrected chi connectivity index (χ0v) is 11.8. The van der Waals surface area contributed by atoms with Crippen LogP contribution in [-0.4, -0.2) is 27.2 Å². The lowest BCUT2D eigenvalue weighted by Crippen LogP contribution is -2.26. The van der Waals surface area contributed by atoms with Gasteiger partial charge in [0.25, 0.3) is 5.91 Å². The average molecular weight is 273 g/mol. The van der Waals surface area contributed by atoms with E-state index in [4.69, 9.17) is 5.73 Å². The van der Waals surface area contributed by atoms with E-state index < -0.39 is 0 Å². The molecule has 0 radical (unpaired) electrons. The maximum atomic E-state index is 11.8. The topological polar surface area (TPSA) is 85.8 Å². The lowest BCUT2D eigenvalue weighted by molar-refractivity contribution is 0.0947. The van der Waals surface area contributed by atoms with Crippen molar-refractivity contribution in [1.82, 2.24) is 20.1 Å². The molecule has 0 saturated heterocycles. The average Bonchev–Trinajstić information content (AvgIpc) is 2.73. The SMILES string of the molecule is Cc1cc(C)n(CCCNC(=O)c2ccc(N)cn2)n1. The van der Waals surface area contributed by atoms with Crippen LogP contribution in [-0.2, 0) is 6.54 Å². The van der Waals surface area contributed by atoms with Crippen LogP contribution in [0.1, 0.15) is 28.3 Å². The molecular formula is C14H19N5O. The Bertz CT molecular complexity index is 588. The summed E-state index contributed by atoms with van der Waals surface area (Å²) >= 11 is 0. The minimum atomic E-state index is -0.182. The van der Waals surface area contributed by atoms with E-state index in [1.807, 2.05) is 24.6 Å². The molecule has 0 aliphatic carbocycles. The van der Waals surface area contributed by atoms with Gasteiger partial charge in [-0.05, 0) is 38.5 Å². The summed E-state index contributed by atoms with van der Waals surface area (Å²) in [4.78, 5) is 15.8. The number of aryl methyl sites for hydroxylation is 3. The van der Waals surface area contributed by atoms with Crippen molar-refractivity contribution in [3.05, 3.63) is 41.5 Å². The first-order valence-electron chi connectivity index (χ1n) is 6.57. The lowest BCUT2D eigenvalue weighted by Gasteiger charge is -2.06. The number of pyridine rings is 1. The fourth-order valence-corrected chi connectivity index (χ4v) is 1.96. The van der Waals surface area contributed by atoms with Crippen molar-refractivity contribution in [3.63, 3.8) is 0 Å². The summed E-state index contributed by atoms with van der Waals surface area (Å²) in [6, 6.07) is 5.32. The standard InChI is InChI=1S/C14H19N5O/c1-10-8-11(2)19(18-10)7-3-6-16-14(20)13-5-4-12(15)9-17-13/h4-5,8-9H,3,6-7,15H2,1-2H3,(H,16,20). The van der Waals surface area contributed by atoms with Crippen molar-refractivity contribution in [1.29, 1.82) is 0 Å². The van der Waals surface area contributed by atoms with E-state index >= 15 is 0 Å². The molecule has 2 aromatic heterocycles. The molecule has 0 aromatic carbocycles. The first-order valence-corrected chi connectivity index (χ1v) is 6.57. The largest absolute Gasteiger partial charge is 0.397 e. The van der Waals surface area contributed by atoms with E-state index in [1.54, 1.807) is 12.1 Å². The highest BCUT2D eigenvalue weighted by Gasteiger charge is 2.06. The minimum absolute atomic E-state index is 0.182. The van der Waals surface area contributed by atoms with Crippen molar-refractivity contribution in [2.75, 3.05) is 12.3 Å². The number of nitrogens with two attached hydrogens (primary N) is 1. The van der Waals surface area contributed by atoms with E-state index in [0.29, 0.717) is 17.9 Å². The Kier molecular flexibility index (Phi) is 4.34. The number of nitrogens with one attached hydrogen (secondary N) is 1. The van der Waals surface area contributed by atoms with Crippen molar-refractivity contribution >= 4 is 11.6 Å². The molecule has 0 atom stereocenters. The molecule has 3 N–H and O–H groups in total. The van der Waals surface area contributed by atoms with E-state index in [9.17, 15) is 4.79 Å². The molecule has 6 heteroatoms. The highest BCUT2D eigenvalue weighted by atomic mass is 16.1. The summed E-state index contributed by atoms with van der Waals surface area (Å²) in [7, 11) is 0. The summed E-state index contributed by atoms with van der Waals surface area (Å²) in [5.41, 5.74) is 8.60. The monoisotopic (exact) mass is 273 g/mol. The summed E-state index contributed by atoms with van der Waals surface area (Å²) < 4.78 is 1.95. The number of carbonyl (C=O) groups is 1. The van der Waals surface area contributed by atoms with Gasteiger partial charge in [-0.3, -0.25) is 9.48 Å². The molecule has 0 aliphatic rings. The van der Waals surface area contributed by atoms with E-state index in [2.05, 4.69) is 15.4 Å². The summed E-state index contributed by atoms with van der Waals surface area (Å²) in [5, 5.41) is 7.20. The molecule has 0 unspecified atom stereocenters.